The lowest BCUT2D eigenvalue weighted by Gasteiger charge is -2.21. The van der Waals surface area contributed by atoms with Crippen LogP contribution in [0.2, 0.25) is 0 Å². The Labute approximate surface area is 115 Å². The maximum atomic E-state index is 12.1. The van der Waals surface area contributed by atoms with Crippen molar-refractivity contribution < 1.29 is 4.79 Å². The molecule has 1 rings (SSSR count). The van der Waals surface area contributed by atoms with Crippen LogP contribution in [-0.2, 0) is 13.5 Å². The summed E-state index contributed by atoms with van der Waals surface area (Å²) < 4.78 is 1.68. The van der Waals surface area contributed by atoms with Crippen LogP contribution in [0.5, 0.6) is 0 Å². The second kappa shape index (κ2) is 7.28. The number of nitrogens with two attached hydrogens (primary N) is 1. The van der Waals surface area contributed by atoms with Gasteiger partial charge in [0.1, 0.15) is 0 Å². The largest absolute Gasteiger partial charge is 0.350 e. The molecule has 0 saturated heterocycles. The van der Waals surface area contributed by atoms with E-state index in [1.807, 2.05) is 14.0 Å². The maximum Gasteiger partial charge on any atom is 0.254 e. The molecule has 0 bridgehead atoms. The molecule has 108 valence electrons. The van der Waals surface area contributed by atoms with Crippen LogP contribution in [0.15, 0.2) is 6.20 Å². The van der Waals surface area contributed by atoms with Crippen molar-refractivity contribution in [3.63, 3.8) is 0 Å². The normalized spacial score (nSPS) is 12.7. The van der Waals surface area contributed by atoms with E-state index in [4.69, 9.17) is 5.73 Å². The van der Waals surface area contributed by atoms with Gasteiger partial charge in [-0.3, -0.25) is 9.48 Å². The van der Waals surface area contributed by atoms with Gasteiger partial charge in [0.25, 0.3) is 5.91 Å². The first-order valence-electron chi connectivity index (χ1n) is 7.09. The molecular weight excluding hydrogens is 240 g/mol. The number of hydrogen-bond donors (Lipinski definition) is 2. The van der Waals surface area contributed by atoms with E-state index in [1.165, 1.54) is 0 Å². The number of amides is 1. The second-order valence-corrected chi connectivity index (χ2v) is 4.97. The van der Waals surface area contributed by atoms with Gasteiger partial charge in [0.05, 0.1) is 11.3 Å². The van der Waals surface area contributed by atoms with Crippen molar-refractivity contribution in [1.29, 1.82) is 0 Å². The molecule has 0 saturated carbocycles. The van der Waals surface area contributed by atoms with Crippen LogP contribution in [0.4, 0.5) is 0 Å². The Hall–Kier alpha value is -1.36. The number of aryl methyl sites for hydroxylation is 2. The van der Waals surface area contributed by atoms with Crippen molar-refractivity contribution in [2.24, 2.45) is 18.7 Å². The Bertz CT molecular complexity index is 410. The van der Waals surface area contributed by atoms with Crippen LogP contribution in [0.1, 0.15) is 49.7 Å². The van der Waals surface area contributed by atoms with Crippen LogP contribution in [0.3, 0.4) is 0 Å². The fourth-order valence-electron chi connectivity index (χ4n) is 2.35. The highest BCUT2D eigenvalue weighted by Crippen LogP contribution is 2.11. The predicted molar refractivity (Wildman–Crippen MR) is 77.0 cm³/mol. The van der Waals surface area contributed by atoms with Gasteiger partial charge in [-0.15, -0.1) is 0 Å². The first kappa shape index (κ1) is 15.7. The van der Waals surface area contributed by atoms with Crippen LogP contribution in [0, 0.1) is 5.92 Å². The molecule has 3 N–H and O–H groups in total. The lowest BCUT2D eigenvalue weighted by Crippen LogP contribution is -2.41. The van der Waals surface area contributed by atoms with E-state index in [-0.39, 0.29) is 11.9 Å². The first-order chi connectivity index (χ1) is 9.03. The average Bonchev–Trinajstić information content (AvgIpc) is 2.78. The van der Waals surface area contributed by atoms with Crippen LogP contribution < -0.4 is 11.1 Å². The fourth-order valence-corrected chi connectivity index (χ4v) is 2.35. The molecule has 0 fully saturated rings. The molecule has 0 aliphatic carbocycles. The van der Waals surface area contributed by atoms with Crippen molar-refractivity contribution in [2.45, 2.75) is 46.1 Å². The summed E-state index contributed by atoms with van der Waals surface area (Å²) in [5.74, 6) is 0.381. The molecule has 0 aromatic carbocycles. The Morgan fingerprint density at radius 2 is 2.05 bits per heavy atom. The van der Waals surface area contributed by atoms with E-state index in [9.17, 15) is 4.79 Å². The van der Waals surface area contributed by atoms with Crippen molar-refractivity contribution >= 4 is 5.91 Å². The van der Waals surface area contributed by atoms with E-state index in [2.05, 4.69) is 24.3 Å². The summed E-state index contributed by atoms with van der Waals surface area (Å²) in [4.78, 5) is 12.1. The minimum Gasteiger partial charge on any atom is -0.350 e. The quantitative estimate of drug-likeness (QED) is 0.785. The zero-order valence-electron chi connectivity index (χ0n) is 12.4. The number of carbonyl (C=O) groups excluding carboxylic acids is 1. The average molecular weight is 266 g/mol. The topological polar surface area (TPSA) is 72.9 Å². The SMILES string of the molecule is CCc1nn(C)cc1C(=O)NCC(N)C(CC)CC. The van der Waals surface area contributed by atoms with Gasteiger partial charge < -0.3 is 11.1 Å². The van der Waals surface area contributed by atoms with E-state index in [0.29, 0.717) is 18.0 Å². The highest BCUT2D eigenvalue weighted by molar-refractivity contribution is 5.95. The second-order valence-electron chi connectivity index (χ2n) is 4.97. The van der Waals surface area contributed by atoms with E-state index < -0.39 is 0 Å². The third-order valence-electron chi connectivity index (χ3n) is 3.64. The Morgan fingerprint density at radius 3 is 2.58 bits per heavy atom. The molecule has 5 heteroatoms. The van der Waals surface area contributed by atoms with E-state index in [0.717, 1.165) is 25.0 Å². The van der Waals surface area contributed by atoms with Gasteiger partial charge in [-0.1, -0.05) is 33.6 Å². The van der Waals surface area contributed by atoms with Gasteiger partial charge in [0.15, 0.2) is 0 Å². The van der Waals surface area contributed by atoms with Crippen LogP contribution in [0.25, 0.3) is 0 Å². The zero-order chi connectivity index (χ0) is 14.4. The summed E-state index contributed by atoms with van der Waals surface area (Å²) in [5, 5.41) is 7.19. The monoisotopic (exact) mass is 266 g/mol. The summed E-state index contributed by atoms with van der Waals surface area (Å²) in [6, 6.07) is 0.0145. The van der Waals surface area contributed by atoms with Crippen LogP contribution >= 0.6 is 0 Å². The van der Waals surface area contributed by atoms with Crippen molar-refractivity contribution in [2.75, 3.05) is 6.54 Å². The molecule has 1 aromatic heterocycles. The number of rotatable bonds is 7. The Balaban J connectivity index is 2.60. The van der Waals surface area contributed by atoms with Crippen molar-refractivity contribution in [1.82, 2.24) is 15.1 Å². The molecule has 0 radical (unpaired) electrons. The molecule has 1 heterocycles. The molecule has 1 amide bonds. The Morgan fingerprint density at radius 1 is 1.42 bits per heavy atom. The van der Waals surface area contributed by atoms with Gasteiger partial charge in [-0.2, -0.15) is 5.10 Å². The predicted octanol–water partition coefficient (Wildman–Crippen LogP) is 1.48. The van der Waals surface area contributed by atoms with Gasteiger partial charge in [-0.05, 0) is 12.3 Å². The number of aromatic nitrogens is 2. The van der Waals surface area contributed by atoms with Gasteiger partial charge >= 0.3 is 0 Å². The standard InChI is InChI=1S/C14H26N4O/c1-5-10(6-2)12(15)8-16-14(19)11-9-18(4)17-13(11)7-3/h9-10,12H,5-8,15H2,1-4H3,(H,16,19). The van der Waals surface area contributed by atoms with E-state index >= 15 is 0 Å². The summed E-state index contributed by atoms with van der Waals surface area (Å²) in [5.41, 5.74) is 7.59. The first-order valence-corrected chi connectivity index (χ1v) is 7.09. The molecule has 0 aliphatic heterocycles. The minimum absolute atomic E-state index is 0.0145. The number of nitrogens with zero attached hydrogens (tertiary/aromatic N) is 2. The zero-order valence-corrected chi connectivity index (χ0v) is 12.4. The van der Waals surface area contributed by atoms with Gasteiger partial charge in [-0.25, -0.2) is 0 Å². The lowest BCUT2D eigenvalue weighted by molar-refractivity contribution is 0.0947. The molecule has 5 nitrogen and oxygen atoms in total. The summed E-state index contributed by atoms with van der Waals surface area (Å²) in [6.07, 6.45) is 4.60. The molecule has 0 aliphatic rings. The Kier molecular flexibility index (Phi) is 6.02. The molecule has 1 unspecified atom stereocenters. The molecule has 1 atom stereocenters. The summed E-state index contributed by atoms with van der Waals surface area (Å²) in [7, 11) is 1.83. The molecular formula is C14H26N4O. The van der Waals surface area contributed by atoms with Crippen molar-refractivity contribution in [3.05, 3.63) is 17.5 Å². The minimum atomic E-state index is -0.0774. The smallest absolute Gasteiger partial charge is 0.254 e. The lowest BCUT2D eigenvalue weighted by atomic mass is 9.95. The highest BCUT2D eigenvalue weighted by Gasteiger charge is 2.18. The summed E-state index contributed by atoms with van der Waals surface area (Å²) in [6.45, 7) is 6.77. The van der Waals surface area contributed by atoms with Crippen molar-refractivity contribution in [3.8, 4) is 0 Å². The highest BCUT2D eigenvalue weighted by atomic mass is 16.1. The molecule has 0 spiro atoms. The van der Waals surface area contributed by atoms with E-state index in [1.54, 1.807) is 10.9 Å². The number of carbonyl (C=O) groups is 1. The molecule has 1 aromatic rings. The molecule has 19 heavy (non-hydrogen) atoms. The van der Waals surface area contributed by atoms with Crippen LogP contribution in [-0.4, -0.2) is 28.3 Å². The fraction of sp³-hybridized carbons (Fsp3) is 0.714. The third-order valence-corrected chi connectivity index (χ3v) is 3.64. The summed E-state index contributed by atoms with van der Waals surface area (Å²) >= 11 is 0. The van der Waals surface area contributed by atoms with Gasteiger partial charge in [0, 0.05) is 25.8 Å². The number of hydrogen-bond acceptors (Lipinski definition) is 3. The maximum absolute atomic E-state index is 12.1. The van der Waals surface area contributed by atoms with Gasteiger partial charge in [0.2, 0.25) is 0 Å². The third kappa shape index (κ3) is 4.06. The number of nitrogens with one attached hydrogen (secondary N) is 1.